The number of rotatable bonds is 5. The van der Waals surface area contributed by atoms with Crippen LogP contribution in [0.2, 0.25) is 0 Å². The average Bonchev–Trinajstić information content (AvgIpc) is 2.83. The maximum atomic E-state index is 14.3. The van der Waals surface area contributed by atoms with E-state index in [1.165, 1.54) is 6.07 Å². The zero-order valence-corrected chi connectivity index (χ0v) is 17.8. The van der Waals surface area contributed by atoms with Crippen molar-refractivity contribution >= 4 is 11.6 Å². The van der Waals surface area contributed by atoms with Crippen LogP contribution in [0.5, 0.6) is 5.75 Å². The van der Waals surface area contributed by atoms with Gasteiger partial charge >= 0.3 is 0 Å². The fraction of sp³-hybridized carbons (Fsp3) is 0.269. The Bertz CT molecular complexity index is 1150. The molecular weight excluding hydrogens is 407 g/mol. The van der Waals surface area contributed by atoms with Crippen molar-refractivity contribution < 1.29 is 19.0 Å². The van der Waals surface area contributed by atoms with Gasteiger partial charge in [-0.15, -0.1) is 0 Å². The molecule has 6 heteroatoms. The lowest BCUT2D eigenvalue weighted by Gasteiger charge is -2.59. The van der Waals surface area contributed by atoms with Gasteiger partial charge < -0.3 is 14.7 Å². The molecule has 1 fully saturated rings. The predicted molar refractivity (Wildman–Crippen MR) is 120 cm³/mol. The fourth-order valence-corrected chi connectivity index (χ4v) is 5.13. The van der Waals surface area contributed by atoms with Crippen molar-refractivity contribution in [3.05, 3.63) is 95.3 Å². The second-order valence-corrected chi connectivity index (χ2v) is 8.31. The first-order valence-corrected chi connectivity index (χ1v) is 10.8. The first-order chi connectivity index (χ1) is 15.6. The minimum absolute atomic E-state index is 0.00351. The monoisotopic (exact) mass is 432 g/mol. The second kappa shape index (κ2) is 8.37. The van der Waals surface area contributed by atoms with Crippen molar-refractivity contribution in [3.8, 4) is 5.75 Å². The largest absolute Gasteiger partial charge is 0.497 e. The van der Waals surface area contributed by atoms with E-state index in [2.05, 4.69) is 4.90 Å². The van der Waals surface area contributed by atoms with E-state index < -0.39 is 0 Å². The van der Waals surface area contributed by atoms with Gasteiger partial charge in [-0.25, -0.2) is 4.39 Å². The number of likely N-dealkylation sites (tertiary alicyclic amines) is 1. The molecule has 32 heavy (non-hydrogen) atoms. The molecule has 0 aromatic heterocycles. The number of fused-ring (bicyclic) bond motifs is 3. The van der Waals surface area contributed by atoms with Crippen LogP contribution in [0, 0.1) is 5.82 Å². The number of nitrogens with zero attached hydrogens (tertiary/aromatic N) is 2. The maximum Gasteiger partial charge on any atom is 0.258 e. The standard InChI is InChI=1S/C26H25FN2O3/c1-32-19-9-6-8-17(13-19)26(31)29-15-23-25(20-10-3-5-12-22(20)29)24(16-30)28(23)14-18-7-2-4-11-21(18)27/h2-13,23-25,30H,14-16H2,1H3/t23-,24-,25+/m0/s1. The van der Waals surface area contributed by atoms with Crippen molar-refractivity contribution in [2.45, 2.75) is 24.5 Å². The molecule has 0 unspecified atom stereocenters. The topological polar surface area (TPSA) is 53.0 Å². The highest BCUT2D eigenvalue weighted by atomic mass is 19.1. The molecule has 2 aliphatic heterocycles. The first-order valence-electron chi connectivity index (χ1n) is 10.8. The van der Waals surface area contributed by atoms with E-state index in [0.717, 1.165) is 11.3 Å². The van der Waals surface area contributed by atoms with Crippen LogP contribution in [0.3, 0.4) is 0 Å². The van der Waals surface area contributed by atoms with Crippen molar-refractivity contribution in [1.29, 1.82) is 0 Å². The number of halogens is 1. The van der Waals surface area contributed by atoms with Gasteiger partial charge in [0.2, 0.25) is 0 Å². The predicted octanol–water partition coefficient (Wildman–Crippen LogP) is 3.82. The van der Waals surface area contributed by atoms with Crippen LogP contribution in [-0.4, -0.2) is 48.3 Å². The summed E-state index contributed by atoms with van der Waals surface area (Å²) in [5.41, 5.74) is 3.06. The second-order valence-electron chi connectivity index (χ2n) is 8.31. The number of benzene rings is 3. The highest BCUT2D eigenvalue weighted by Gasteiger charge is 2.53. The normalized spacial score (nSPS) is 22.0. The highest BCUT2D eigenvalue weighted by molar-refractivity contribution is 6.07. The van der Waals surface area contributed by atoms with Crippen LogP contribution in [-0.2, 0) is 6.54 Å². The Kier molecular flexibility index (Phi) is 5.41. The number of carbonyl (C=O) groups excluding carboxylic acids is 1. The Labute approximate surface area is 186 Å². The molecule has 2 heterocycles. The number of amides is 1. The summed E-state index contributed by atoms with van der Waals surface area (Å²) in [7, 11) is 1.58. The minimum atomic E-state index is -0.256. The Hall–Kier alpha value is -3.22. The molecule has 0 saturated carbocycles. The van der Waals surface area contributed by atoms with E-state index in [1.54, 1.807) is 42.3 Å². The number of hydrogen-bond acceptors (Lipinski definition) is 4. The highest BCUT2D eigenvalue weighted by Crippen LogP contribution is 2.49. The number of anilines is 1. The number of aliphatic hydroxyl groups excluding tert-OH is 1. The molecular formula is C26H25FN2O3. The van der Waals surface area contributed by atoms with E-state index in [-0.39, 0.29) is 36.3 Å². The van der Waals surface area contributed by atoms with Crippen molar-refractivity contribution in [1.82, 2.24) is 4.90 Å². The van der Waals surface area contributed by atoms with Gasteiger partial charge in [-0.3, -0.25) is 9.69 Å². The van der Waals surface area contributed by atoms with Crippen LogP contribution >= 0.6 is 0 Å². The van der Waals surface area contributed by atoms with Gasteiger partial charge in [0.25, 0.3) is 5.91 Å². The zero-order valence-electron chi connectivity index (χ0n) is 17.8. The van der Waals surface area contributed by atoms with E-state index in [9.17, 15) is 14.3 Å². The Morgan fingerprint density at radius 2 is 1.88 bits per heavy atom. The van der Waals surface area contributed by atoms with Gasteiger partial charge in [0.15, 0.2) is 0 Å². The smallest absolute Gasteiger partial charge is 0.258 e. The summed E-state index contributed by atoms with van der Waals surface area (Å²) >= 11 is 0. The molecule has 1 amide bonds. The summed E-state index contributed by atoms with van der Waals surface area (Å²) in [6, 6.07) is 21.6. The summed E-state index contributed by atoms with van der Waals surface area (Å²) in [5, 5.41) is 10.1. The van der Waals surface area contributed by atoms with E-state index in [0.29, 0.717) is 30.0 Å². The SMILES string of the molecule is COc1cccc(C(=O)N2C[C@H]3[C@@H](c4ccccc42)[C@H](CO)N3Cc2ccccc2F)c1. The minimum Gasteiger partial charge on any atom is -0.497 e. The molecule has 5 nitrogen and oxygen atoms in total. The molecule has 2 aliphatic rings. The van der Waals surface area contributed by atoms with Gasteiger partial charge in [-0.05, 0) is 35.9 Å². The summed E-state index contributed by atoms with van der Waals surface area (Å²) in [5.74, 6) is 0.364. The van der Waals surface area contributed by atoms with Crippen molar-refractivity contribution in [2.75, 3.05) is 25.2 Å². The Morgan fingerprint density at radius 1 is 1.09 bits per heavy atom. The number of para-hydroxylation sites is 1. The van der Waals surface area contributed by atoms with Crippen molar-refractivity contribution in [2.24, 2.45) is 0 Å². The third-order valence-corrected chi connectivity index (χ3v) is 6.70. The van der Waals surface area contributed by atoms with E-state index in [1.807, 2.05) is 36.4 Å². The summed E-state index contributed by atoms with van der Waals surface area (Å²) < 4.78 is 19.6. The number of aliphatic hydroxyl groups is 1. The quantitative estimate of drug-likeness (QED) is 0.666. The molecule has 0 spiro atoms. The van der Waals surface area contributed by atoms with Crippen LogP contribution < -0.4 is 9.64 Å². The van der Waals surface area contributed by atoms with Gasteiger partial charge in [-0.2, -0.15) is 0 Å². The Balaban J connectivity index is 1.50. The molecule has 0 aliphatic carbocycles. The average molecular weight is 432 g/mol. The molecule has 0 bridgehead atoms. The Morgan fingerprint density at radius 3 is 2.66 bits per heavy atom. The lowest BCUT2D eigenvalue weighted by molar-refractivity contribution is -0.0494. The summed E-state index contributed by atoms with van der Waals surface area (Å²) in [6.45, 7) is 0.846. The molecule has 0 radical (unpaired) electrons. The number of carbonyl (C=O) groups is 1. The zero-order chi connectivity index (χ0) is 22.2. The molecule has 164 valence electrons. The molecule has 5 rings (SSSR count). The molecule has 3 atom stereocenters. The van der Waals surface area contributed by atoms with Crippen LogP contribution in [0.4, 0.5) is 10.1 Å². The van der Waals surface area contributed by atoms with Crippen molar-refractivity contribution in [3.63, 3.8) is 0 Å². The molecule has 3 aromatic carbocycles. The first kappa shape index (κ1) is 20.7. The number of ether oxygens (including phenoxy) is 1. The lowest BCUT2D eigenvalue weighted by Crippen LogP contribution is -2.68. The summed E-state index contributed by atoms with van der Waals surface area (Å²) in [4.78, 5) is 17.4. The summed E-state index contributed by atoms with van der Waals surface area (Å²) in [6.07, 6.45) is 0. The fourth-order valence-electron chi connectivity index (χ4n) is 5.13. The van der Waals surface area contributed by atoms with Gasteiger partial charge in [0.05, 0.1) is 13.7 Å². The van der Waals surface area contributed by atoms with Crippen LogP contribution in [0.25, 0.3) is 0 Å². The number of hydrogen-bond donors (Lipinski definition) is 1. The maximum absolute atomic E-state index is 14.3. The molecule has 1 saturated heterocycles. The van der Waals surface area contributed by atoms with E-state index in [4.69, 9.17) is 4.74 Å². The lowest BCUT2D eigenvalue weighted by atomic mass is 9.71. The third-order valence-electron chi connectivity index (χ3n) is 6.70. The van der Waals surface area contributed by atoms with Gasteiger partial charge in [-0.1, -0.05) is 42.5 Å². The van der Waals surface area contributed by atoms with Gasteiger partial charge in [0, 0.05) is 47.9 Å². The molecule has 3 aromatic rings. The van der Waals surface area contributed by atoms with Crippen LogP contribution in [0.15, 0.2) is 72.8 Å². The third kappa shape index (κ3) is 3.36. The van der Waals surface area contributed by atoms with E-state index >= 15 is 0 Å². The van der Waals surface area contributed by atoms with Crippen LogP contribution in [0.1, 0.15) is 27.4 Å². The number of methoxy groups -OCH3 is 1. The molecule has 1 N–H and O–H groups in total. The van der Waals surface area contributed by atoms with Gasteiger partial charge in [0.1, 0.15) is 11.6 Å².